The zero-order valence-electron chi connectivity index (χ0n) is 25.3. The first-order chi connectivity index (χ1) is 20.5. The summed E-state index contributed by atoms with van der Waals surface area (Å²) in [6.45, 7) is 4.11. The lowest BCUT2D eigenvalue weighted by atomic mass is 9.88. The van der Waals surface area contributed by atoms with Gasteiger partial charge in [-0.05, 0) is 37.6 Å². The Morgan fingerprint density at radius 1 is 1.07 bits per heavy atom. The molecule has 4 N–H and O–H groups in total. The lowest BCUT2D eigenvalue weighted by Gasteiger charge is -2.26. The van der Waals surface area contributed by atoms with Crippen LogP contribution < -0.4 is 26.0 Å². The van der Waals surface area contributed by atoms with Crippen molar-refractivity contribution in [3.63, 3.8) is 0 Å². The molecule has 3 amide bonds. The van der Waals surface area contributed by atoms with Gasteiger partial charge >= 0.3 is 6.18 Å². The Bertz CT molecular complexity index is 1340. The molecule has 0 saturated heterocycles. The average Bonchev–Trinajstić information content (AvgIpc) is 2.92. The number of hydrogen-bond donors (Lipinski definition) is 4. The van der Waals surface area contributed by atoms with Crippen LogP contribution in [0.25, 0.3) is 0 Å². The molecule has 0 bridgehead atoms. The van der Waals surface area contributed by atoms with E-state index < -0.39 is 41.7 Å². The number of carbonyl (C=O) groups excluding carboxylic acids is 3. The van der Waals surface area contributed by atoms with Gasteiger partial charge in [0.25, 0.3) is 11.8 Å². The Morgan fingerprint density at radius 2 is 1.73 bits per heavy atom. The van der Waals surface area contributed by atoms with Gasteiger partial charge in [0.15, 0.2) is 0 Å². The lowest BCUT2D eigenvalue weighted by molar-refractivity contribution is -0.142. The van der Waals surface area contributed by atoms with Gasteiger partial charge in [0, 0.05) is 50.4 Å². The molecule has 9 nitrogen and oxygen atoms in total. The van der Waals surface area contributed by atoms with E-state index in [4.69, 9.17) is 16.3 Å². The van der Waals surface area contributed by atoms with Crippen LogP contribution in [-0.2, 0) is 9.59 Å². The highest BCUT2D eigenvalue weighted by Gasteiger charge is 2.30. The van der Waals surface area contributed by atoms with Gasteiger partial charge in [-0.3, -0.25) is 19.3 Å². The van der Waals surface area contributed by atoms with Crippen molar-refractivity contribution in [2.45, 2.75) is 39.8 Å². The number of alkyl halides is 3. The van der Waals surface area contributed by atoms with Crippen LogP contribution in [0.5, 0.6) is 5.75 Å². The third kappa shape index (κ3) is 12.0. The Hall–Kier alpha value is -3.84. The molecule has 0 radical (unpaired) electrons. The Morgan fingerprint density at radius 3 is 2.32 bits per heavy atom. The SMILES string of the molecule is CCOc1cc(F)c(Cl)cc1C(=O)NCC(C)(C)CC(=O)N/C(C(=O)Nc1ccccc1)=C(\CCN(C)CC(F)(F)F)NC. The molecule has 0 fully saturated rings. The lowest BCUT2D eigenvalue weighted by Crippen LogP contribution is -2.40. The maximum atomic E-state index is 13.9. The summed E-state index contributed by atoms with van der Waals surface area (Å²) >= 11 is 5.86. The summed E-state index contributed by atoms with van der Waals surface area (Å²) in [6.07, 6.45) is -4.54. The van der Waals surface area contributed by atoms with Crippen molar-refractivity contribution < 1.29 is 36.7 Å². The molecular formula is C30H38ClF4N5O4. The van der Waals surface area contributed by atoms with Crippen LogP contribution in [0.3, 0.4) is 0 Å². The number of benzene rings is 2. The molecule has 14 heteroatoms. The highest BCUT2D eigenvalue weighted by molar-refractivity contribution is 6.31. The number of nitrogens with one attached hydrogen (secondary N) is 4. The first-order valence-corrected chi connectivity index (χ1v) is 14.2. The number of carbonyl (C=O) groups is 3. The number of para-hydroxylation sites is 1. The Kier molecular flexibility index (Phi) is 13.5. The number of anilines is 1. The second-order valence-corrected chi connectivity index (χ2v) is 11.2. The van der Waals surface area contributed by atoms with Crippen molar-refractivity contribution >= 4 is 35.0 Å². The van der Waals surface area contributed by atoms with Crippen LogP contribution >= 0.6 is 11.6 Å². The van der Waals surface area contributed by atoms with E-state index in [2.05, 4.69) is 21.3 Å². The fourth-order valence-electron chi connectivity index (χ4n) is 4.12. The predicted molar refractivity (Wildman–Crippen MR) is 161 cm³/mol. The van der Waals surface area contributed by atoms with E-state index in [1.54, 1.807) is 51.1 Å². The molecular weight excluding hydrogens is 606 g/mol. The standard InChI is InChI=1S/C30H38ClF4N5O4/c1-6-44-24-15-22(32)21(31)14-20(24)27(42)37-17-29(2,3)16-25(41)39-26(28(43)38-19-10-8-7-9-11-19)23(36-4)12-13-40(5)18-30(33,34)35/h7-11,14-15,36H,6,12-13,16-18H2,1-5H3,(H,37,42)(H,38,43)(H,39,41)/b26-23+. The minimum atomic E-state index is -4.39. The smallest absolute Gasteiger partial charge is 0.401 e. The molecule has 0 aliphatic rings. The molecule has 0 spiro atoms. The summed E-state index contributed by atoms with van der Waals surface area (Å²) in [7, 11) is 2.80. The van der Waals surface area contributed by atoms with E-state index in [1.165, 1.54) is 14.1 Å². The molecule has 0 aliphatic heterocycles. The van der Waals surface area contributed by atoms with Crippen molar-refractivity contribution in [2.75, 3.05) is 45.7 Å². The third-order valence-corrected chi connectivity index (χ3v) is 6.54. The summed E-state index contributed by atoms with van der Waals surface area (Å²) < 4.78 is 57.7. The van der Waals surface area contributed by atoms with Gasteiger partial charge in [0.05, 0.1) is 23.7 Å². The fourth-order valence-corrected chi connectivity index (χ4v) is 4.29. The van der Waals surface area contributed by atoms with Crippen molar-refractivity contribution in [1.29, 1.82) is 0 Å². The molecule has 2 aromatic rings. The summed E-state index contributed by atoms with van der Waals surface area (Å²) in [5.74, 6) is -2.56. The Labute approximate surface area is 259 Å². The van der Waals surface area contributed by atoms with E-state index in [9.17, 15) is 31.9 Å². The number of ether oxygens (including phenoxy) is 1. The van der Waals surface area contributed by atoms with Crippen molar-refractivity contribution in [3.8, 4) is 5.75 Å². The van der Waals surface area contributed by atoms with Gasteiger partial charge in [-0.1, -0.05) is 43.6 Å². The summed E-state index contributed by atoms with van der Waals surface area (Å²) in [4.78, 5) is 40.4. The zero-order valence-corrected chi connectivity index (χ0v) is 26.0. The number of nitrogens with zero attached hydrogens (tertiary/aromatic N) is 1. The van der Waals surface area contributed by atoms with Gasteiger partial charge in [-0.2, -0.15) is 13.2 Å². The summed E-state index contributed by atoms with van der Waals surface area (Å²) in [5.41, 5.74) is -0.282. The first-order valence-electron chi connectivity index (χ1n) is 13.8. The van der Waals surface area contributed by atoms with Crippen molar-refractivity contribution in [2.24, 2.45) is 5.41 Å². The molecule has 0 aromatic heterocycles. The van der Waals surface area contributed by atoms with Gasteiger partial charge < -0.3 is 26.0 Å². The Balaban J connectivity index is 2.20. The summed E-state index contributed by atoms with van der Waals surface area (Å²) in [6, 6.07) is 10.6. The minimum absolute atomic E-state index is 0.00273. The molecule has 0 aliphatic carbocycles. The van der Waals surface area contributed by atoms with E-state index in [-0.39, 0.29) is 60.3 Å². The maximum absolute atomic E-state index is 13.9. The largest absolute Gasteiger partial charge is 0.493 e. The number of halogens is 5. The number of amides is 3. The topological polar surface area (TPSA) is 112 Å². The molecule has 0 saturated carbocycles. The van der Waals surface area contributed by atoms with E-state index in [0.717, 1.165) is 17.0 Å². The molecule has 242 valence electrons. The van der Waals surface area contributed by atoms with Gasteiger partial charge in [-0.25, -0.2) is 4.39 Å². The first kappa shape index (κ1) is 36.4. The minimum Gasteiger partial charge on any atom is -0.493 e. The van der Waals surface area contributed by atoms with Crippen LogP contribution in [-0.4, -0.2) is 69.1 Å². The van der Waals surface area contributed by atoms with Crippen LogP contribution in [0, 0.1) is 11.2 Å². The van der Waals surface area contributed by atoms with Gasteiger partial charge in [0.1, 0.15) is 17.3 Å². The molecule has 0 atom stereocenters. The molecule has 0 heterocycles. The molecule has 0 unspecified atom stereocenters. The van der Waals surface area contributed by atoms with Crippen LogP contribution in [0.2, 0.25) is 5.02 Å². The highest BCUT2D eigenvalue weighted by Crippen LogP contribution is 2.27. The van der Waals surface area contributed by atoms with Crippen LogP contribution in [0.1, 0.15) is 44.0 Å². The molecule has 2 rings (SSSR count). The van der Waals surface area contributed by atoms with E-state index in [0.29, 0.717) is 5.69 Å². The van der Waals surface area contributed by atoms with Crippen LogP contribution in [0.4, 0.5) is 23.2 Å². The second-order valence-electron chi connectivity index (χ2n) is 10.8. The zero-order chi connectivity index (χ0) is 33.1. The van der Waals surface area contributed by atoms with E-state index in [1.807, 2.05) is 0 Å². The van der Waals surface area contributed by atoms with Crippen molar-refractivity contribution in [1.82, 2.24) is 20.9 Å². The van der Waals surface area contributed by atoms with Gasteiger partial charge in [-0.15, -0.1) is 0 Å². The van der Waals surface area contributed by atoms with Gasteiger partial charge in [0.2, 0.25) is 5.91 Å². The number of hydrogen-bond acceptors (Lipinski definition) is 6. The fraction of sp³-hybridized carbons (Fsp3) is 0.433. The molecule has 44 heavy (non-hydrogen) atoms. The second kappa shape index (κ2) is 16.3. The monoisotopic (exact) mass is 643 g/mol. The third-order valence-electron chi connectivity index (χ3n) is 6.25. The highest BCUT2D eigenvalue weighted by atomic mass is 35.5. The summed E-state index contributed by atoms with van der Waals surface area (Å²) in [5, 5.41) is 10.6. The van der Waals surface area contributed by atoms with Crippen molar-refractivity contribution in [3.05, 3.63) is 70.3 Å². The molecule has 2 aromatic carbocycles. The van der Waals surface area contributed by atoms with E-state index >= 15 is 0 Å². The quantitative estimate of drug-likeness (QED) is 0.159. The normalized spacial score (nSPS) is 12.3. The van der Waals surface area contributed by atoms with Crippen LogP contribution in [0.15, 0.2) is 53.9 Å². The maximum Gasteiger partial charge on any atom is 0.401 e. The predicted octanol–water partition coefficient (Wildman–Crippen LogP) is 5.09. The number of rotatable bonds is 15. The average molecular weight is 644 g/mol.